The Balaban J connectivity index is 1.82. The number of carboxylic acid groups (broad SMARTS) is 1. The van der Waals surface area contributed by atoms with Crippen LogP contribution in [0, 0.1) is 6.92 Å². The van der Waals surface area contributed by atoms with Crippen molar-refractivity contribution in [2.45, 2.75) is 49.8 Å². The highest BCUT2D eigenvalue weighted by atomic mass is 32.2. The molecule has 0 saturated heterocycles. The Morgan fingerprint density at radius 3 is 2.45 bits per heavy atom. The maximum Gasteiger partial charge on any atom is 0.339 e. The van der Waals surface area contributed by atoms with Crippen LogP contribution in [-0.2, 0) is 9.84 Å². The van der Waals surface area contributed by atoms with Crippen molar-refractivity contribution in [3.8, 4) is 11.5 Å². The molecule has 0 aliphatic heterocycles. The molecular formula is C22H26O6S. The zero-order chi connectivity index (χ0) is 21.0. The number of ether oxygens (including phenoxy) is 1. The van der Waals surface area contributed by atoms with Gasteiger partial charge in [-0.2, -0.15) is 0 Å². The molecule has 0 bridgehead atoms. The molecule has 3 rings (SSSR count). The molecule has 0 unspecified atom stereocenters. The van der Waals surface area contributed by atoms with Crippen molar-refractivity contribution < 1.29 is 28.2 Å². The minimum absolute atomic E-state index is 0.00558. The molecule has 0 heterocycles. The lowest BCUT2D eigenvalue weighted by Crippen LogP contribution is -2.17. The number of aromatic hydroxyl groups is 1. The average Bonchev–Trinajstić information content (AvgIpc) is 2.68. The summed E-state index contributed by atoms with van der Waals surface area (Å²) in [6.07, 6.45) is 4.80. The minimum atomic E-state index is -3.51. The summed E-state index contributed by atoms with van der Waals surface area (Å²) in [5.74, 6) is -1.31. The molecule has 2 aromatic carbocycles. The largest absolute Gasteiger partial charge is 0.507 e. The van der Waals surface area contributed by atoms with Gasteiger partial charge in [0.1, 0.15) is 23.7 Å². The van der Waals surface area contributed by atoms with Gasteiger partial charge in [-0.15, -0.1) is 0 Å². The van der Waals surface area contributed by atoms with Crippen LogP contribution in [0.25, 0.3) is 0 Å². The van der Waals surface area contributed by atoms with Crippen molar-refractivity contribution in [1.29, 1.82) is 0 Å². The summed E-state index contributed by atoms with van der Waals surface area (Å²) in [6, 6.07) is 9.62. The molecule has 156 valence electrons. The molecule has 0 radical (unpaired) electrons. The number of hydrogen-bond donors (Lipinski definition) is 2. The first kappa shape index (κ1) is 21.2. The number of hydrogen-bond acceptors (Lipinski definition) is 5. The van der Waals surface area contributed by atoms with Gasteiger partial charge in [-0.05, 0) is 49.4 Å². The van der Waals surface area contributed by atoms with Gasteiger partial charge in [-0.1, -0.05) is 37.5 Å². The first-order chi connectivity index (χ1) is 13.8. The summed E-state index contributed by atoms with van der Waals surface area (Å²) >= 11 is 0. The normalized spacial score (nSPS) is 15.2. The van der Waals surface area contributed by atoms with Crippen LogP contribution in [0.5, 0.6) is 11.5 Å². The number of carboxylic acids is 1. The van der Waals surface area contributed by atoms with Gasteiger partial charge in [0, 0.05) is 5.56 Å². The second kappa shape index (κ2) is 8.86. The zero-order valence-electron chi connectivity index (χ0n) is 16.4. The predicted molar refractivity (Wildman–Crippen MR) is 110 cm³/mol. The zero-order valence-corrected chi connectivity index (χ0v) is 17.2. The summed E-state index contributed by atoms with van der Waals surface area (Å²) in [4.78, 5) is 11.7. The molecule has 0 atom stereocenters. The van der Waals surface area contributed by atoms with E-state index in [1.807, 2.05) is 0 Å². The Morgan fingerprint density at radius 1 is 1.10 bits per heavy atom. The SMILES string of the molecule is Cc1ccccc1S(=O)(=O)CCOc1ccc(C(=O)O)c(O)c1C1CCCCC1. The lowest BCUT2D eigenvalue weighted by molar-refractivity contribution is 0.0693. The maximum atomic E-state index is 12.6. The summed E-state index contributed by atoms with van der Waals surface area (Å²) in [5, 5.41) is 19.9. The van der Waals surface area contributed by atoms with E-state index in [2.05, 4.69) is 0 Å². The van der Waals surface area contributed by atoms with Crippen molar-refractivity contribution in [2.24, 2.45) is 0 Å². The van der Waals surface area contributed by atoms with Crippen LogP contribution in [0.4, 0.5) is 0 Å². The molecular weight excluding hydrogens is 392 g/mol. The molecule has 2 N–H and O–H groups in total. The van der Waals surface area contributed by atoms with Gasteiger partial charge in [0.15, 0.2) is 9.84 Å². The van der Waals surface area contributed by atoms with Gasteiger partial charge in [0.05, 0.1) is 10.6 Å². The molecule has 1 fully saturated rings. The van der Waals surface area contributed by atoms with Gasteiger partial charge in [0.25, 0.3) is 0 Å². The first-order valence-corrected chi connectivity index (χ1v) is 11.5. The third-order valence-electron chi connectivity index (χ3n) is 5.46. The highest BCUT2D eigenvalue weighted by Gasteiger charge is 2.27. The van der Waals surface area contributed by atoms with Crippen LogP contribution in [0.3, 0.4) is 0 Å². The summed E-state index contributed by atoms with van der Waals surface area (Å²) in [5.41, 5.74) is 1.00. The van der Waals surface area contributed by atoms with E-state index in [4.69, 9.17) is 4.74 Å². The molecule has 0 spiro atoms. The Labute approximate surface area is 171 Å². The third-order valence-corrected chi connectivity index (χ3v) is 7.29. The van der Waals surface area contributed by atoms with Crippen molar-refractivity contribution in [3.63, 3.8) is 0 Å². The Kier molecular flexibility index (Phi) is 6.47. The van der Waals surface area contributed by atoms with Crippen molar-refractivity contribution in [3.05, 3.63) is 53.1 Å². The molecule has 7 heteroatoms. The number of sulfone groups is 1. The summed E-state index contributed by atoms with van der Waals surface area (Å²) < 4.78 is 31.0. The van der Waals surface area contributed by atoms with Crippen molar-refractivity contribution >= 4 is 15.8 Å². The Hall–Kier alpha value is -2.54. The number of aromatic carboxylic acids is 1. The van der Waals surface area contributed by atoms with Crippen LogP contribution in [0.1, 0.15) is 59.5 Å². The number of phenols is 1. The maximum absolute atomic E-state index is 12.6. The summed E-state index contributed by atoms with van der Waals surface area (Å²) in [6.45, 7) is 1.67. The van der Waals surface area contributed by atoms with Gasteiger partial charge < -0.3 is 14.9 Å². The van der Waals surface area contributed by atoms with Crippen molar-refractivity contribution in [1.82, 2.24) is 0 Å². The van der Waals surface area contributed by atoms with E-state index in [0.29, 0.717) is 16.9 Å². The lowest BCUT2D eigenvalue weighted by Gasteiger charge is -2.25. The van der Waals surface area contributed by atoms with E-state index >= 15 is 0 Å². The average molecular weight is 419 g/mol. The fourth-order valence-electron chi connectivity index (χ4n) is 3.95. The smallest absolute Gasteiger partial charge is 0.339 e. The first-order valence-electron chi connectivity index (χ1n) is 9.81. The second-order valence-corrected chi connectivity index (χ2v) is 9.52. The quantitative estimate of drug-likeness (QED) is 0.695. The molecule has 0 aromatic heterocycles. The highest BCUT2D eigenvalue weighted by Crippen LogP contribution is 2.43. The number of aryl methyl sites for hydroxylation is 1. The minimum Gasteiger partial charge on any atom is -0.507 e. The van der Waals surface area contributed by atoms with Crippen molar-refractivity contribution in [2.75, 3.05) is 12.4 Å². The van der Waals surface area contributed by atoms with Crippen LogP contribution in [0.15, 0.2) is 41.3 Å². The van der Waals surface area contributed by atoms with Crippen LogP contribution >= 0.6 is 0 Å². The molecule has 29 heavy (non-hydrogen) atoms. The van der Waals surface area contributed by atoms with E-state index in [1.54, 1.807) is 31.2 Å². The van der Waals surface area contributed by atoms with E-state index in [-0.39, 0.29) is 34.5 Å². The van der Waals surface area contributed by atoms with Gasteiger partial charge in [-0.3, -0.25) is 0 Å². The molecule has 1 aliphatic rings. The van der Waals surface area contributed by atoms with E-state index in [1.165, 1.54) is 12.1 Å². The van der Waals surface area contributed by atoms with Crippen LogP contribution in [-0.4, -0.2) is 37.0 Å². The van der Waals surface area contributed by atoms with Gasteiger partial charge >= 0.3 is 5.97 Å². The molecule has 6 nitrogen and oxygen atoms in total. The predicted octanol–water partition coefficient (Wildman–Crippen LogP) is 4.30. The van der Waals surface area contributed by atoms with E-state index in [0.717, 1.165) is 32.1 Å². The lowest BCUT2D eigenvalue weighted by atomic mass is 9.82. The number of rotatable bonds is 7. The van der Waals surface area contributed by atoms with E-state index in [9.17, 15) is 23.4 Å². The number of carbonyl (C=O) groups is 1. The fraction of sp³-hybridized carbons (Fsp3) is 0.409. The molecule has 1 saturated carbocycles. The van der Waals surface area contributed by atoms with Gasteiger partial charge in [0.2, 0.25) is 0 Å². The topological polar surface area (TPSA) is 101 Å². The molecule has 1 aliphatic carbocycles. The molecule has 0 amide bonds. The highest BCUT2D eigenvalue weighted by molar-refractivity contribution is 7.91. The van der Waals surface area contributed by atoms with E-state index < -0.39 is 15.8 Å². The standard InChI is InChI=1S/C22H26O6S/c1-15-7-5-6-10-19(15)29(26,27)14-13-28-18-12-11-17(22(24)25)21(23)20(18)16-8-3-2-4-9-16/h5-7,10-12,16,23H,2-4,8-9,13-14H2,1H3,(H,24,25). The number of benzene rings is 2. The Bertz CT molecular complexity index is 990. The van der Waals surface area contributed by atoms with Gasteiger partial charge in [-0.25, -0.2) is 13.2 Å². The third kappa shape index (κ3) is 4.72. The monoisotopic (exact) mass is 418 g/mol. The van der Waals surface area contributed by atoms with Crippen LogP contribution < -0.4 is 4.74 Å². The summed E-state index contributed by atoms with van der Waals surface area (Å²) in [7, 11) is -3.51. The fourth-order valence-corrected chi connectivity index (χ4v) is 5.32. The molecule has 2 aromatic rings. The second-order valence-electron chi connectivity index (χ2n) is 7.45. The van der Waals surface area contributed by atoms with Crippen LogP contribution in [0.2, 0.25) is 0 Å². The Morgan fingerprint density at radius 2 is 1.79 bits per heavy atom.